The van der Waals surface area contributed by atoms with Crippen LogP contribution in [-0.2, 0) is 19.5 Å². The van der Waals surface area contributed by atoms with E-state index < -0.39 is 0 Å². The standard InChI is InChI=1S/C27H32N2O2S/c1-5-23-9-7-8-10-26(23)28-27(32-6-2)29(19-21-11-15-24(30-3)16-12-21)20-22-13-17-25(31-4)18-14-22/h7-18H,5-6,19-20H2,1-4H3. The fourth-order valence-corrected chi connectivity index (χ4v) is 4.17. The fraction of sp³-hybridized carbons (Fsp3) is 0.296. The Balaban J connectivity index is 1.96. The first-order chi connectivity index (χ1) is 15.7. The summed E-state index contributed by atoms with van der Waals surface area (Å²) in [6, 6.07) is 24.9. The summed E-state index contributed by atoms with van der Waals surface area (Å²) in [5.41, 5.74) is 4.73. The summed E-state index contributed by atoms with van der Waals surface area (Å²) in [4.78, 5) is 7.49. The lowest BCUT2D eigenvalue weighted by molar-refractivity contribution is 0.405. The molecule has 3 aromatic rings. The molecule has 4 nitrogen and oxygen atoms in total. The van der Waals surface area contributed by atoms with Gasteiger partial charge in [0, 0.05) is 13.1 Å². The Morgan fingerprint density at radius 2 is 1.31 bits per heavy atom. The van der Waals surface area contributed by atoms with Crippen LogP contribution in [0.5, 0.6) is 11.5 Å². The van der Waals surface area contributed by atoms with E-state index in [1.807, 2.05) is 24.3 Å². The fourth-order valence-electron chi connectivity index (χ4n) is 3.44. The third-order valence-corrected chi connectivity index (χ3v) is 6.09. The van der Waals surface area contributed by atoms with E-state index in [0.717, 1.165) is 47.6 Å². The normalized spacial score (nSPS) is 11.3. The van der Waals surface area contributed by atoms with Crippen molar-refractivity contribution < 1.29 is 9.47 Å². The van der Waals surface area contributed by atoms with Gasteiger partial charge in [0.25, 0.3) is 0 Å². The average Bonchev–Trinajstić information content (AvgIpc) is 2.84. The summed E-state index contributed by atoms with van der Waals surface area (Å²) >= 11 is 1.78. The number of methoxy groups -OCH3 is 2. The Labute approximate surface area is 196 Å². The second-order valence-corrected chi connectivity index (χ2v) is 8.59. The van der Waals surface area contributed by atoms with E-state index >= 15 is 0 Å². The number of rotatable bonds is 9. The predicted octanol–water partition coefficient (Wildman–Crippen LogP) is 6.71. The molecular formula is C27H32N2O2S. The monoisotopic (exact) mass is 448 g/mol. The van der Waals surface area contributed by atoms with Crippen LogP contribution in [0.4, 0.5) is 5.69 Å². The molecule has 0 aromatic heterocycles. The minimum absolute atomic E-state index is 0.760. The smallest absolute Gasteiger partial charge is 0.164 e. The zero-order valence-corrected chi connectivity index (χ0v) is 20.2. The number of benzene rings is 3. The van der Waals surface area contributed by atoms with Crippen molar-refractivity contribution in [3.8, 4) is 11.5 Å². The maximum absolute atomic E-state index is 5.33. The van der Waals surface area contributed by atoms with Crippen LogP contribution in [0.25, 0.3) is 0 Å². The number of nitrogens with zero attached hydrogens (tertiary/aromatic N) is 2. The molecule has 0 bridgehead atoms. The summed E-state index contributed by atoms with van der Waals surface area (Å²) in [6.07, 6.45) is 0.959. The third-order valence-electron chi connectivity index (χ3n) is 5.20. The van der Waals surface area contributed by atoms with Crippen LogP contribution in [0.1, 0.15) is 30.5 Å². The first kappa shape index (κ1) is 23.7. The van der Waals surface area contributed by atoms with Crippen molar-refractivity contribution in [3.05, 3.63) is 89.5 Å². The minimum atomic E-state index is 0.760. The zero-order valence-electron chi connectivity index (χ0n) is 19.4. The number of hydrogen-bond acceptors (Lipinski definition) is 4. The van der Waals surface area contributed by atoms with Gasteiger partial charge in [0.15, 0.2) is 5.17 Å². The first-order valence-electron chi connectivity index (χ1n) is 11.0. The average molecular weight is 449 g/mol. The summed E-state index contributed by atoms with van der Waals surface area (Å²) < 4.78 is 10.7. The van der Waals surface area contributed by atoms with E-state index in [9.17, 15) is 0 Å². The largest absolute Gasteiger partial charge is 0.497 e. The summed E-state index contributed by atoms with van der Waals surface area (Å²) in [5.74, 6) is 2.68. The zero-order chi connectivity index (χ0) is 22.8. The van der Waals surface area contributed by atoms with Gasteiger partial charge < -0.3 is 14.4 Å². The number of ether oxygens (including phenoxy) is 2. The highest BCUT2D eigenvalue weighted by Crippen LogP contribution is 2.25. The van der Waals surface area contributed by atoms with E-state index in [0.29, 0.717) is 0 Å². The van der Waals surface area contributed by atoms with Gasteiger partial charge in [0.2, 0.25) is 0 Å². The van der Waals surface area contributed by atoms with Crippen molar-refractivity contribution in [2.24, 2.45) is 4.99 Å². The summed E-state index contributed by atoms with van der Waals surface area (Å²) in [6.45, 7) is 5.87. The lowest BCUT2D eigenvalue weighted by atomic mass is 10.1. The number of hydrogen-bond donors (Lipinski definition) is 0. The molecule has 0 unspecified atom stereocenters. The van der Waals surface area contributed by atoms with E-state index in [1.54, 1.807) is 26.0 Å². The van der Waals surface area contributed by atoms with Gasteiger partial charge in [-0.15, -0.1) is 0 Å². The SMILES string of the molecule is CCSC(=Nc1ccccc1CC)N(Cc1ccc(OC)cc1)Cc1ccc(OC)cc1. The lowest BCUT2D eigenvalue weighted by Crippen LogP contribution is -2.28. The maximum atomic E-state index is 5.33. The second kappa shape index (κ2) is 12.2. The Bertz CT molecular complexity index is 951. The molecule has 0 saturated heterocycles. The molecule has 0 atom stereocenters. The van der Waals surface area contributed by atoms with E-state index in [1.165, 1.54) is 16.7 Å². The van der Waals surface area contributed by atoms with Gasteiger partial charge in [-0.25, -0.2) is 4.99 Å². The van der Waals surface area contributed by atoms with Crippen LogP contribution in [0.3, 0.4) is 0 Å². The molecule has 0 amide bonds. The van der Waals surface area contributed by atoms with Crippen LogP contribution in [0, 0.1) is 0 Å². The van der Waals surface area contributed by atoms with Crippen molar-refractivity contribution in [3.63, 3.8) is 0 Å². The Kier molecular flexibility index (Phi) is 9.05. The molecule has 5 heteroatoms. The van der Waals surface area contributed by atoms with Gasteiger partial charge in [0.05, 0.1) is 19.9 Å². The molecule has 32 heavy (non-hydrogen) atoms. The van der Waals surface area contributed by atoms with Gasteiger partial charge >= 0.3 is 0 Å². The van der Waals surface area contributed by atoms with Crippen molar-refractivity contribution in [2.75, 3.05) is 20.0 Å². The third kappa shape index (κ3) is 6.54. The Morgan fingerprint density at radius 1 is 0.781 bits per heavy atom. The van der Waals surface area contributed by atoms with Crippen molar-refractivity contribution >= 4 is 22.6 Å². The molecule has 0 aliphatic heterocycles. The van der Waals surface area contributed by atoms with E-state index in [2.05, 4.69) is 67.3 Å². The molecule has 3 rings (SSSR count). The second-order valence-electron chi connectivity index (χ2n) is 7.36. The van der Waals surface area contributed by atoms with Gasteiger partial charge in [-0.3, -0.25) is 0 Å². The molecule has 0 N–H and O–H groups in total. The number of aliphatic imine (C=N–C) groups is 1. The van der Waals surface area contributed by atoms with E-state index in [-0.39, 0.29) is 0 Å². The van der Waals surface area contributed by atoms with E-state index in [4.69, 9.17) is 14.5 Å². The molecular weight excluding hydrogens is 416 g/mol. The highest BCUT2D eigenvalue weighted by Gasteiger charge is 2.15. The van der Waals surface area contributed by atoms with Crippen molar-refractivity contribution in [2.45, 2.75) is 33.4 Å². The van der Waals surface area contributed by atoms with Crippen LogP contribution >= 0.6 is 11.8 Å². The van der Waals surface area contributed by atoms with Crippen LogP contribution in [0.2, 0.25) is 0 Å². The molecule has 0 heterocycles. The summed E-state index contributed by atoms with van der Waals surface area (Å²) in [7, 11) is 3.39. The molecule has 3 aromatic carbocycles. The molecule has 0 saturated carbocycles. The number of para-hydroxylation sites is 1. The molecule has 0 spiro atoms. The maximum Gasteiger partial charge on any atom is 0.164 e. The highest BCUT2D eigenvalue weighted by atomic mass is 32.2. The first-order valence-corrected chi connectivity index (χ1v) is 12.0. The van der Waals surface area contributed by atoms with Crippen LogP contribution in [-0.4, -0.2) is 30.0 Å². The molecule has 0 aliphatic carbocycles. The minimum Gasteiger partial charge on any atom is -0.497 e. The predicted molar refractivity (Wildman–Crippen MR) is 136 cm³/mol. The van der Waals surface area contributed by atoms with Crippen molar-refractivity contribution in [1.29, 1.82) is 0 Å². The number of thioether (sulfide) groups is 1. The lowest BCUT2D eigenvalue weighted by Gasteiger charge is -2.26. The topological polar surface area (TPSA) is 34.1 Å². The Hall–Kier alpha value is -2.92. The summed E-state index contributed by atoms with van der Waals surface area (Å²) in [5, 5.41) is 1.03. The van der Waals surface area contributed by atoms with Crippen LogP contribution < -0.4 is 9.47 Å². The van der Waals surface area contributed by atoms with Crippen molar-refractivity contribution in [1.82, 2.24) is 4.90 Å². The molecule has 0 radical (unpaired) electrons. The van der Waals surface area contributed by atoms with Gasteiger partial charge in [-0.1, -0.05) is 68.1 Å². The van der Waals surface area contributed by atoms with Crippen LogP contribution in [0.15, 0.2) is 77.8 Å². The highest BCUT2D eigenvalue weighted by molar-refractivity contribution is 8.13. The van der Waals surface area contributed by atoms with Gasteiger partial charge in [-0.05, 0) is 59.2 Å². The molecule has 168 valence electrons. The Morgan fingerprint density at radius 3 is 1.78 bits per heavy atom. The number of aryl methyl sites for hydroxylation is 1. The molecule has 0 aliphatic rings. The van der Waals surface area contributed by atoms with Gasteiger partial charge in [0.1, 0.15) is 11.5 Å². The quantitative estimate of drug-likeness (QED) is 0.269. The molecule has 0 fully saturated rings. The van der Waals surface area contributed by atoms with Gasteiger partial charge in [-0.2, -0.15) is 0 Å². The number of amidine groups is 1.